The predicted octanol–water partition coefficient (Wildman–Crippen LogP) is 7.00. The van der Waals surface area contributed by atoms with Gasteiger partial charge in [0.2, 0.25) is 5.89 Å². The second-order valence-corrected chi connectivity index (χ2v) is 9.65. The molecule has 0 bridgehead atoms. The molecule has 0 unspecified atom stereocenters. The summed E-state index contributed by atoms with van der Waals surface area (Å²) >= 11 is 1.74. The van der Waals surface area contributed by atoms with Crippen molar-refractivity contribution in [1.29, 1.82) is 0 Å². The van der Waals surface area contributed by atoms with Crippen LogP contribution in [0.1, 0.15) is 46.3 Å². The molecule has 4 aromatic rings. The number of aryl methyl sites for hydroxylation is 3. The summed E-state index contributed by atoms with van der Waals surface area (Å²) < 4.78 is 5.92. The normalized spacial score (nSPS) is 11.9. The van der Waals surface area contributed by atoms with Gasteiger partial charge in [0.15, 0.2) is 0 Å². The van der Waals surface area contributed by atoms with Gasteiger partial charge >= 0.3 is 0 Å². The number of amides is 1. The van der Waals surface area contributed by atoms with Crippen LogP contribution < -0.4 is 5.32 Å². The highest BCUT2D eigenvalue weighted by atomic mass is 32.2. The van der Waals surface area contributed by atoms with Crippen molar-refractivity contribution in [3.63, 3.8) is 0 Å². The van der Waals surface area contributed by atoms with E-state index >= 15 is 0 Å². The number of hydrogen-bond donors (Lipinski definition) is 1. The van der Waals surface area contributed by atoms with Crippen LogP contribution in [-0.4, -0.2) is 16.9 Å². The fourth-order valence-electron chi connectivity index (χ4n) is 3.64. The molecule has 4 rings (SSSR count). The second kappa shape index (κ2) is 11.2. The number of nitrogens with zero attached hydrogens (tertiary/aromatic N) is 1. The lowest BCUT2D eigenvalue weighted by Crippen LogP contribution is -2.32. The van der Waals surface area contributed by atoms with Gasteiger partial charge in [-0.15, -0.1) is 11.8 Å². The zero-order valence-electron chi connectivity index (χ0n) is 19.9. The molecule has 0 fully saturated rings. The summed E-state index contributed by atoms with van der Waals surface area (Å²) in [6, 6.07) is 26.4. The van der Waals surface area contributed by atoms with Gasteiger partial charge in [-0.05, 0) is 75.6 Å². The second-order valence-electron chi connectivity index (χ2n) is 8.60. The van der Waals surface area contributed by atoms with Crippen molar-refractivity contribution >= 4 is 17.7 Å². The van der Waals surface area contributed by atoms with Crippen LogP contribution in [0.3, 0.4) is 0 Å². The number of hydrogen-bond acceptors (Lipinski definition) is 4. The lowest BCUT2D eigenvalue weighted by atomic mass is 10.1. The molecule has 5 heteroatoms. The molecule has 0 aliphatic heterocycles. The third kappa shape index (κ3) is 6.39. The minimum Gasteiger partial charge on any atom is -0.441 e. The first kappa shape index (κ1) is 23.8. The molecule has 3 aromatic carbocycles. The zero-order chi connectivity index (χ0) is 23.9. The Balaban J connectivity index is 1.33. The molecular formula is C29H30N2O2S. The molecule has 0 aliphatic rings. The summed E-state index contributed by atoms with van der Waals surface area (Å²) in [7, 11) is 0. The highest BCUT2D eigenvalue weighted by Gasteiger charge is 2.14. The van der Waals surface area contributed by atoms with Crippen molar-refractivity contribution < 1.29 is 9.21 Å². The van der Waals surface area contributed by atoms with Crippen molar-refractivity contribution in [1.82, 2.24) is 10.3 Å². The van der Waals surface area contributed by atoms with E-state index in [-0.39, 0.29) is 11.9 Å². The maximum Gasteiger partial charge on any atom is 0.251 e. The Bertz CT molecular complexity index is 1220. The molecule has 1 aromatic heterocycles. The molecular weight excluding hydrogens is 440 g/mol. The van der Waals surface area contributed by atoms with E-state index in [0.717, 1.165) is 35.6 Å². The van der Waals surface area contributed by atoms with Crippen molar-refractivity contribution in [3.8, 4) is 11.5 Å². The first-order chi connectivity index (χ1) is 16.5. The Labute approximate surface area is 205 Å². The van der Waals surface area contributed by atoms with E-state index in [1.54, 1.807) is 11.8 Å². The number of aromatic nitrogens is 1. The molecule has 1 N–H and O–H groups in total. The monoisotopic (exact) mass is 470 g/mol. The van der Waals surface area contributed by atoms with Crippen LogP contribution in [0.5, 0.6) is 0 Å². The standard InChI is InChI=1S/C29H30N2O2S/c1-20-9-17-26(18-10-20)34-19-27-22(3)33-29(31-27)25-15-13-24(14-16-25)28(32)30-21(2)11-12-23-7-5-4-6-8-23/h4-10,13-18,21H,11-12,19H2,1-3H3,(H,30,32)/t21-/m1/s1. The third-order valence-electron chi connectivity index (χ3n) is 5.77. The van der Waals surface area contributed by atoms with Crippen LogP contribution in [0, 0.1) is 13.8 Å². The largest absolute Gasteiger partial charge is 0.441 e. The van der Waals surface area contributed by atoms with Crippen molar-refractivity contribution in [2.24, 2.45) is 0 Å². The number of carbonyl (C=O) groups excluding carboxylic acids is 1. The van der Waals surface area contributed by atoms with E-state index in [0.29, 0.717) is 11.5 Å². The Morgan fingerprint density at radius 2 is 1.68 bits per heavy atom. The van der Waals surface area contributed by atoms with Crippen LogP contribution in [-0.2, 0) is 12.2 Å². The van der Waals surface area contributed by atoms with Gasteiger partial charge in [-0.3, -0.25) is 4.79 Å². The number of nitrogens with one attached hydrogen (secondary N) is 1. The molecule has 0 spiro atoms. The quantitative estimate of drug-likeness (QED) is 0.268. The first-order valence-electron chi connectivity index (χ1n) is 11.6. The zero-order valence-corrected chi connectivity index (χ0v) is 20.7. The molecule has 0 aliphatic carbocycles. The highest BCUT2D eigenvalue weighted by Crippen LogP contribution is 2.28. The van der Waals surface area contributed by atoms with E-state index in [4.69, 9.17) is 9.40 Å². The van der Waals surface area contributed by atoms with Crippen LogP contribution in [0.4, 0.5) is 0 Å². The molecule has 4 nitrogen and oxygen atoms in total. The topological polar surface area (TPSA) is 55.1 Å². The summed E-state index contributed by atoms with van der Waals surface area (Å²) in [6.45, 7) is 6.07. The Morgan fingerprint density at radius 3 is 2.38 bits per heavy atom. The maximum atomic E-state index is 12.7. The Morgan fingerprint density at radius 1 is 0.971 bits per heavy atom. The van der Waals surface area contributed by atoms with Gasteiger partial charge < -0.3 is 9.73 Å². The van der Waals surface area contributed by atoms with E-state index in [1.165, 1.54) is 16.0 Å². The lowest BCUT2D eigenvalue weighted by molar-refractivity contribution is 0.0938. The Hall–Kier alpha value is -3.31. The van der Waals surface area contributed by atoms with Crippen LogP contribution in [0.15, 0.2) is 88.2 Å². The van der Waals surface area contributed by atoms with Crippen LogP contribution >= 0.6 is 11.8 Å². The third-order valence-corrected chi connectivity index (χ3v) is 6.79. The van der Waals surface area contributed by atoms with E-state index in [1.807, 2.05) is 56.3 Å². The molecule has 0 radical (unpaired) electrons. The summed E-state index contributed by atoms with van der Waals surface area (Å²) in [6.07, 6.45) is 1.84. The van der Waals surface area contributed by atoms with Gasteiger partial charge in [-0.25, -0.2) is 4.98 Å². The smallest absolute Gasteiger partial charge is 0.251 e. The predicted molar refractivity (Wildman–Crippen MR) is 139 cm³/mol. The van der Waals surface area contributed by atoms with Crippen LogP contribution in [0.25, 0.3) is 11.5 Å². The van der Waals surface area contributed by atoms with Gasteiger partial charge in [-0.2, -0.15) is 0 Å². The van der Waals surface area contributed by atoms with Gasteiger partial charge in [0.05, 0.1) is 5.69 Å². The minimum atomic E-state index is -0.0640. The number of carbonyl (C=O) groups is 1. The lowest BCUT2D eigenvalue weighted by Gasteiger charge is -2.14. The van der Waals surface area contributed by atoms with E-state index in [9.17, 15) is 4.79 Å². The van der Waals surface area contributed by atoms with E-state index in [2.05, 4.69) is 48.6 Å². The summed E-state index contributed by atoms with van der Waals surface area (Å²) in [5.41, 5.74) is 4.97. The molecule has 34 heavy (non-hydrogen) atoms. The fourth-order valence-corrected chi connectivity index (χ4v) is 4.54. The highest BCUT2D eigenvalue weighted by molar-refractivity contribution is 7.98. The van der Waals surface area contributed by atoms with Crippen molar-refractivity contribution in [2.45, 2.75) is 50.3 Å². The van der Waals surface area contributed by atoms with E-state index < -0.39 is 0 Å². The molecule has 174 valence electrons. The van der Waals surface area contributed by atoms with Gasteiger partial charge in [0.25, 0.3) is 5.91 Å². The molecule has 1 heterocycles. The number of benzene rings is 3. The number of rotatable bonds is 9. The van der Waals surface area contributed by atoms with Crippen molar-refractivity contribution in [2.75, 3.05) is 0 Å². The summed E-state index contributed by atoms with van der Waals surface area (Å²) in [5, 5.41) is 3.09. The van der Waals surface area contributed by atoms with Gasteiger partial charge in [0, 0.05) is 27.8 Å². The molecule has 1 amide bonds. The molecule has 0 saturated carbocycles. The SMILES string of the molecule is Cc1ccc(SCc2nc(-c3ccc(C(=O)N[C@H](C)CCc4ccccc4)cc3)oc2C)cc1. The van der Waals surface area contributed by atoms with Crippen molar-refractivity contribution in [3.05, 3.63) is 107 Å². The number of oxazole rings is 1. The summed E-state index contributed by atoms with van der Waals surface area (Å²) in [5.74, 6) is 2.09. The van der Waals surface area contributed by atoms with Crippen LogP contribution in [0.2, 0.25) is 0 Å². The minimum absolute atomic E-state index is 0.0640. The average Bonchev–Trinajstić information content (AvgIpc) is 3.23. The average molecular weight is 471 g/mol. The molecule has 0 saturated heterocycles. The maximum absolute atomic E-state index is 12.7. The van der Waals surface area contributed by atoms with Gasteiger partial charge in [-0.1, -0.05) is 48.0 Å². The number of thioether (sulfide) groups is 1. The fraction of sp³-hybridized carbons (Fsp3) is 0.241. The van der Waals surface area contributed by atoms with Gasteiger partial charge in [0.1, 0.15) is 5.76 Å². The summed E-state index contributed by atoms with van der Waals surface area (Å²) in [4.78, 5) is 18.6. The Kier molecular flexibility index (Phi) is 7.86. The first-order valence-corrected chi connectivity index (χ1v) is 12.6. The molecule has 1 atom stereocenters.